The molecule has 1 amide bonds. The number of phenolic OH excluding ortho intramolecular Hbond substituents is 1. The fourth-order valence-corrected chi connectivity index (χ4v) is 2.58. The van der Waals surface area contributed by atoms with Gasteiger partial charge in [-0.2, -0.15) is 0 Å². The molecule has 27 heavy (non-hydrogen) atoms. The number of nitrogens with zero attached hydrogens (tertiary/aromatic N) is 1. The molecule has 0 fully saturated rings. The van der Waals surface area contributed by atoms with Crippen molar-refractivity contribution in [1.82, 2.24) is 5.32 Å². The van der Waals surface area contributed by atoms with Crippen molar-refractivity contribution in [2.45, 2.75) is 20.4 Å². The molecule has 0 radical (unpaired) electrons. The zero-order valence-electron chi connectivity index (χ0n) is 14.6. The number of esters is 1. The van der Waals surface area contributed by atoms with Gasteiger partial charge in [-0.1, -0.05) is 23.7 Å². The Labute approximate surface area is 159 Å². The van der Waals surface area contributed by atoms with Crippen molar-refractivity contribution in [3.05, 3.63) is 67.7 Å². The van der Waals surface area contributed by atoms with Gasteiger partial charge in [-0.25, -0.2) is 4.79 Å². The molecule has 0 bridgehead atoms. The summed E-state index contributed by atoms with van der Waals surface area (Å²) in [6.07, 6.45) is 0. The molecule has 2 aromatic carbocycles. The van der Waals surface area contributed by atoms with Gasteiger partial charge in [0.25, 0.3) is 11.6 Å². The number of phenols is 1. The van der Waals surface area contributed by atoms with Crippen LogP contribution in [-0.4, -0.2) is 28.5 Å². The second-order valence-electron chi connectivity index (χ2n) is 5.85. The van der Waals surface area contributed by atoms with E-state index < -0.39 is 29.1 Å². The number of carbonyl (C=O) groups is 2. The Morgan fingerprint density at radius 2 is 1.85 bits per heavy atom. The lowest BCUT2D eigenvalue weighted by atomic mass is 10.1. The van der Waals surface area contributed by atoms with Crippen LogP contribution in [-0.2, 0) is 16.1 Å². The van der Waals surface area contributed by atoms with Crippen LogP contribution in [0.5, 0.6) is 5.75 Å². The molecule has 2 N–H and O–H groups in total. The fourth-order valence-electron chi connectivity index (χ4n) is 2.39. The summed E-state index contributed by atoms with van der Waals surface area (Å²) in [5, 5.41) is 23.1. The number of nitrogens with one attached hydrogen (secondary N) is 1. The minimum absolute atomic E-state index is 0.0799. The van der Waals surface area contributed by atoms with E-state index >= 15 is 0 Å². The van der Waals surface area contributed by atoms with Crippen molar-refractivity contribution in [3.8, 4) is 5.75 Å². The minimum Gasteiger partial charge on any atom is -0.507 e. The predicted molar refractivity (Wildman–Crippen MR) is 97.8 cm³/mol. The van der Waals surface area contributed by atoms with Crippen LogP contribution in [0.1, 0.15) is 27.0 Å². The highest BCUT2D eigenvalue weighted by Gasteiger charge is 2.18. The number of amides is 1. The van der Waals surface area contributed by atoms with Crippen LogP contribution in [0, 0.1) is 24.0 Å². The van der Waals surface area contributed by atoms with Crippen molar-refractivity contribution in [2.75, 3.05) is 6.61 Å². The van der Waals surface area contributed by atoms with Crippen molar-refractivity contribution >= 4 is 29.2 Å². The van der Waals surface area contributed by atoms with E-state index in [0.717, 1.165) is 11.6 Å². The summed E-state index contributed by atoms with van der Waals surface area (Å²) in [4.78, 5) is 33.9. The summed E-state index contributed by atoms with van der Waals surface area (Å²) in [5.74, 6) is -1.20. The summed E-state index contributed by atoms with van der Waals surface area (Å²) in [6, 6.07) is 6.96. The molecule has 2 aromatic rings. The van der Waals surface area contributed by atoms with E-state index in [0.29, 0.717) is 11.1 Å². The number of aryl methyl sites for hydroxylation is 2. The Morgan fingerprint density at radius 3 is 2.44 bits per heavy atom. The van der Waals surface area contributed by atoms with Crippen LogP contribution in [0.2, 0.25) is 5.02 Å². The van der Waals surface area contributed by atoms with E-state index in [9.17, 15) is 24.8 Å². The van der Waals surface area contributed by atoms with E-state index in [-0.39, 0.29) is 22.9 Å². The number of benzene rings is 2. The third-order valence-electron chi connectivity index (χ3n) is 3.75. The molecule has 0 saturated heterocycles. The molecule has 142 valence electrons. The normalized spacial score (nSPS) is 10.3. The Balaban J connectivity index is 1.91. The molecule has 0 aliphatic rings. The quantitative estimate of drug-likeness (QED) is 0.443. The molecule has 0 aliphatic heterocycles. The Morgan fingerprint density at radius 1 is 1.22 bits per heavy atom. The van der Waals surface area contributed by atoms with Gasteiger partial charge in [0.1, 0.15) is 10.8 Å². The maximum absolute atomic E-state index is 11.9. The largest absolute Gasteiger partial charge is 0.507 e. The van der Waals surface area contributed by atoms with Crippen LogP contribution >= 0.6 is 11.6 Å². The van der Waals surface area contributed by atoms with Gasteiger partial charge >= 0.3 is 5.97 Å². The zero-order valence-corrected chi connectivity index (χ0v) is 15.4. The molecule has 0 atom stereocenters. The molecule has 0 saturated carbocycles. The number of rotatable bonds is 6. The number of carbonyl (C=O) groups excluding carboxylic acids is 2. The number of ether oxygens (including phenoxy) is 1. The maximum Gasteiger partial charge on any atom is 0.338 e. The molecule has 0 unspecified atom stereocenters. The molecule has 8 nitrogen and oxygen atoms in total. The first-order chi connectivity index (χ1) is 12.7. The third-order valence-corrected chi connectivity index (χ3v) is 4.07. The van der Waals surface area contributed by atoms with Gasteiger partial charge in [0.05, 0.1) is 10.5 Å². The van der Waals surface area contributed by atoms with Crippen molar-refractivity contribution in [3.63, 3.8) is 0 Å². The predicted octanol–water partition coefficient (Wildman–Crippen LogP) is 3.04. The second kappa shape index (κ2) is 8.50. The number of hydrogen-bond donors (Lipinski definition) is 2. The van der Waals surface area contributed by atoms with Crippen LogP contribution in [0.15, 0.2) is 30.3 Å². The van der Waals surface area contributed by atoms with E-state index in [2.05, 4.69) is 5.32 Å². The Kier molecular flexibility index (Phi) is 6.36. The monoisotopic (exact) mass is 392 g/mol. The maximum atomic E-state index is 11.9. The van der Waals surface area contributed by atoms with Gasteiger partial charge in [-0.15, -0.1) is 0 Å². The molecular formula is C18H17ClN2O6. The smallest absolute Gasteiger partial charge is 0.338 e. The first-order valence-electron chi connectivity index (χ1n) is 7.86. The summed E-state index contributed by atoms with van der Waals surface area (Å²) >= 11 is 5.68. The van der Waals surface area contributed by atoms with Gasteiger partial charge in [0.2, 0.25) is 0 Å². The average Bonchev–Trinajstić information content (AvgIpc) is 2.62. The lowest BCUT2D eigenvalue weighted by Crippen LogP contribution is -2.28. The standard InChI is InChI=1S/C18H17ClN2O6/c1-10-5-12(6-11(2)17(10)23)8-20-16(22)9-27-18(24)13-3-4-14(19)15(7-13)21(25)26/h3-7,23H,8-9H2,1-2H3,(H,20,22). The van der Waals surface area contributed by atoms with Gasteiger partial charge in [-0.05, 0) is 42.7 Å². The fraction of sp³-hybridized carbons (Fsp3) is 0.222. The Hall–Kier alpha value is -3.13. The number of hydrogen-bond acceptors (Lipinski definition) is 6. The van der Waals surface area contributed by atoms with Gasteiger partial charge in [0, 0.05) is 12.6 Å². The highest BCUT2D eigenvalue weighted by molar-refractivity contribution is 6.32. The van der Waals surface area contributed by atoms with Gasteiger partial charge in [0.15, 0.2) is 6.61 Å². The molecule has 9 heteroatoms. The topological polar surface area (TPSA) is 119 Å². The van der Waals surface area contributed by atoms with E-state index in [1.807, 2.05) is 0 Å². The minimum atomic E-state index is -0.874. The van der Waals surface area contributed by atoms with Crippen LogP contribution in [0.3, 0.4) is 0 Å². The summed E-state index contributed by atoms with van der Waals surface area (Å²) < 4.78 is 4.86. The zero-order chi connectivity index (χ0) is 20.1. The van der Waals surface area contributed by atoms with E-state index in [4.69, 9.17) is 16.3 Å². The van der Waals surface area contributed by atoms with Crippen molar-refractivity contribution in [1.29, 1.82) is 0 Å². The van der Waals surface area contributed by atoms with E-state index in [1.54, 1.807) is 26.0 Å². The lowest BCUT2D eigenvalue weighted by Gasteiger charge is -2.10. The lowest BCUT2D eigenvalue weighted by molar-refractivity contribution is -0.384. The molecule has 0 aliphatic carbocycles. The molecule has 0 heterocycles. The summed E-state index contributed by atoms with van der Waals surface area (Å²) in [7, 11) is 0. The van der Waals surface area contributed by atoms with Crippen molar-refractivity contribution < 1.29 is 24.4 Å². The summed E-state index contributed by atoms with van der Waals surface area (Å²) in [5.41, 5.74) is 1.66. The third kappa shape index (κ3) is 5.18. The number of aromatic hydroxyl groups is 1. The first kappa shape index (κ1) is 20.2. The Bertz CT molecular complexity index is 890. The SMILES string of the molecule is Cc1cc(CNC(=O)COC(=O)c2ccc(Cl)c([N+](=O)[O-])c2)cc(C)c1O. The number of nitro groups is 1. The number of halogens is 1. The highest BCUT2D eigenvalue weighted by Crippen LogP contribution is 2.25. The van der Waals surface area contributed by atoms with Gasteiger partial charge < -0.3 is 15.2 Å². The molecule has 2 rings (SSSR count). The average molecular weight is 393 g/mol. The molecular weight excluding hydrogens is 376 g/mol. The van der Waals surface area contributed by atoms with Gasteiger partial charge in [-0.3, -0.25) is 14.9 Å². The van der Waals surface area contributed by atoms with Crippen LogP contribution in [0.25, 0.3) is 0 Å². The van der Waals surface area contributed by atoms with E-state index in [1.165, 1.54) is 12.1 Å². The van der Waals surface area contributed by atoms with Crippen molar-refractivity contribution in [2.24, 2.45) is 0 Å². The number of nitro benzene ring substituents is 1. The molecule has 0 spiro atoms. The highest BCUT2D eigenvalue weighted by atomic mass is 35.5. The summed E-state index contributed by atoms with van der Waals surface area (Å²) in [6.45, 7) is 3.16. The first-order valence-corrected chi connectivity index (χ1v) is 8.23. The van der Waals surface area contributed by atoms with Crippen LogP contribution in [0.4, 0.5) is 5.69 Å². The molecule has 0 aromatic heterocycles. The van der Waals surface area contributed by atoms with Crippen LogP contribution < -0.4 is 5.32 Å². The second-order valence-corrected chi connectivity index (χ2v) is 6.26.